The highest BCUT2D eigenvalue weighted by atomic mass is 16.5. The monoisotopic (exact) mass is 254 g/mol. The quantitative estimate of drug-likeness (QED) is 0.701. The fourth-order valence-electron chi connectivity index (χ4n) is 3.17. The molecule has 2 aliphatic heterocycles. The van der Waals surface area contributed by atoms with E-state index in [1.807, 2.05) is 0 Å². The summed E-state index contributed by atoms with van der Waals surface area (Å²) in [6, 6.07) is 0.631. The molecule has 0 radical (unpaired) electrons. The van der Waals surface area contributed by atoms with Gasteiger partial charge < -0.3 is 14.4 Å². The first-order valence-electron chi connectivity index (χ1n) is 7.16. The van der Waals surface area contributed by atoms with E-state index in [2.05, 4.69) is 23.8 Å². The van der Waals surface area contributed by atoms with E-state index in [1.54, 1.807) is 0 Å². The Bertz CT molecular complexity index is 277. The molecule has 0 aromatic rings. The number of ether oxygens (including phenoxy) is 1. The summed E-state index contributed by atoms with van der Waals surface area (Å²) in [5, 5.41) is 0. The lowest BCUT2D eigenvalue weighted by molar-refractivity contribution is -0.126. The molecule has 0 aromatic heterocycles. The second-order valence-corrected chi connectivity index (χ2v) is 5.91. The number of hydrogen-bond donors (Lipinski definition) is 0. The van der Waals surface area contributed by atoms with Crippen LogP contribution in [0.5, 0.6) is 0 Å². The molecule has 0 N–H and O–H groups in total. The molecule has 0 amide bonds. The number of aldehydes is 1. The summed E-state index contributed by atoms with van der Waals surface area (Å²) in [5.74, 6) is 0. The van der Waals surface area contributed by atoms with Gasteiger partial charge in [-0.2, -0.15) is 0 Å². The third-order valence-electron chi connectivity index (χ3n) is 4.47. The molecule has 2 aliphatic rings. The molecule has 4 nitrogen and oxygen atoms in total. The molecule has 2 saturated heterocycles. The molecule has 18 heavy (non-hydrogen) atoms. The van der Waals surface area contributed by atoms with E-state index < -0.39 is 0 Å². The van der Waals surface area contributed by atoms with Crippen LogP contribution in [0.4, 0.5) is 0 Å². The van der Waals surface area contributed by atoms with Gasteiger partial charge in [-0.3, -0.25) is 4.90 Å². The predicted octanol–water partition coefficient (Wildman–Crippen LogP) is 1.01. The van der Waals surface area contributed by atoms with Crippen molar-refractivity contribution in [3.05, 3.63) is 0 Å². The summed E-state index contributed by atoms with van der Waals surface area (Å²) in [5.41, 5.74) is -0.244. The lowest BCUT2D eigenvalue weighted by Gasteiger charge is -2.43. The van der Waals surface area contributed by atoms with Gasteiger partial charge in [-0.15, -0.1) is 0 Å². The number of likely N-dealkylation sites (N-methyl/N-ethyl adjacent to an activating group) is 1. The first-order valence-corrected chi connectivity index (χ1v) is 7.16. The van der Waals surface area contributed by atoms with E-state index in [-0.39, 0.29) is 5.41 Å². The minimum absolute atomic E-state index is 0.244. The Morgan fingerprint density at radius 3 is 2.89 bits per heavy atom. The average Bonchev–Trinajstić information content (AvgIpc) is 2.42. The largest absolute Gasteiger partial charge is 0.380 e. The van der Waals surface area contributed by atoms with Gasteiger partial charge in [0.05, 0.1) is 12.0 Å². The predicted molar refractivity (Wildman–Crippen MR) is 71.7 cm³/mol. The molecular formula is C14H26N2O2. The van der Waals surface area contributed by atoms with Crippen LogP contribution in [0.25, 0.3) is 0 Å². The second-order valence-electron chi connectivity index (χ2n) is 5.91. The maximum atomic E-state index is 11.5. The minimum atomic E-state index is -0.244. The van der Waals surface area contributed by atoms with Gasteiger partial charge in [0.2, 0.25) is 0 Å². The summed E-state index contributed by atoms with van der Waals surface area (Å²) < 4.78 is 5.52. The number of nitrogens with zero attached hydrogens (tertiary/aromatic N) is 2. The van der Waals surface area contributed by atoms with Gasteiger partial charge in [-0.25, -0.2) is 0 Å². The lowest BCUT2D eigenvalue weighted by Crippen LogP contribution is -2.55. The number of carbonyl (C=O) groups excluding carboxylic acids is 1. The fraction of sp³-hybridized carbons (Fsp3) is 0.929. The molecule has 0 bridgehead atoms. The van der Waals surface area contributed by atoms with Crippen LogP contribution in [-0.2, 0) is 9.53 Å². The van der Waals surface area contributed by atoms with Crippen LogP contribution in [0, 0.1) is 5.41 Å². The lowest BCUT2D eigenvalue weighted by atomic mass is 9.83. The zero-order valence-electron chi connectivity index (χ0n) is 11.7. The highest BCUT2D eigenvalue weighted by Crippen LogP contribution is 2.28. The third kappa shape index (κ3) is 3.11. The summed E-state index contributed by atoms with van der Waals surface area (Å²) >= 11 is 0. The first-order chi connectivity index (χ1) is 8.69. The Hall–Kier alpha value is -0.450. The van der Waals surface area contributed by atoms with Crippen LogP contribution < -0.4 is 0 Å². The van der Waals surface area contributed by atoms with Crippen molar-refractivity contribution in [3.8, 4) is 0 Å². The van der Waals surface area contributed by atoms with E-state index >= 15 is 0 Å². The van der Waals surface area contributed by atoms with Gasteiger partial charge in [-0.1, -0.05) is 6.92 Å². The van der Waals surface area contributed by atoms with Crippen molar-refractivity contribution >= 4 is 6.29 Å². The normalized spacial score (nSPS) is 35.6. The summed E-state index contributed by atoms with van der Waals surface area (Å²) in [6.45, 7) is 7.81. The van der Waals surface area contributed by atoms with Crippen LogP contribution in [0.2, 0.25) is 0 Å². The van der Waals surface area contributed by atoms with E-state index in [0.717, 1.165) is 51.9 Å². The fourth-order valence-corrected chi connectivity index (χ4v) is 3.17. The third-order valence-corrected chi connectivity index (χ3v) is 4.47. The Labute approximate surface area is 110 Å². The molecule has 0 aliphatic carbocycles. The van der Waals surface area contributed by atoms with Crippen molar-refractivity contribution in [1.29, 1.82) is 0 Å². The van der Waals surface area contributed by atoms with Crippen molar-refractivity contribution in [2.24, 2.45) is 5.41 Å². The van der Waals surface area contributed by atoms with Gasteiger partial charge in [0.25, 0.3) is 0 Å². The van der Waals surface area contributed by atoms with Crippen LogP contribution in [0.1, 0.15) is 26.2 Å². The zero-order valence-corrected chi connectivity index (χ0v) is 11.7. The standard InChI is InChI=1S/C14H26N2O2/c1-3-13-9-16(7-6-15(13)2)10-14(11-17)5-4-8-18-12-14/h11,13H,3-10,12H2,1-2H3. The van der Waals surface area contributed by atoms with Crippen LogP contribution in [0.15, 0.2) is 0 Å². The van der Waals surface area contributed by atoms with E-state index in [9.17, 15) is 4.79 Å². The second kappa shape index (κ2) is 6.13. The Morgan fingerprint density at radius 1 is 1.44 bits per heavy atom. The Kier molecular flexibility index (Phi) is 4.76. The maximum absolute atomic E-state index is 11.5. The highest BCUT2D eigenvalue weighted by Gasteiger charge is 2.36. The highest BCUT2D eigenvalue weighted by molar-refractivity contribution is 5.60. The summed E-state index contributed by atoms with van der Waals surface area (Å²) in [4.78, 5) is 16.3. The average molecular weight is 254 g/mol. The first kappa shape index (κ1) is 14.0. The van der Waals surface area contributed by atoms with Crippen LogP contribution in [0.3, 0.4) is 0 Å². The summed E-state index contributed by atoms with van der Waals surface area (Å²) in [6.07, 6.45) is 4.33. The van der Waals surface area contributed by atoms with Gasteiger partial charge >= 0.3 is 0 Å². The minimum Gasteiger partial charge on any atom is -0.380 e. The smallest absolute Gasteiger partial charge is 0.129 e. The molecular weight excluding hydrogens is 228 g/mol. The molecule has 104 valence electrons. The van der Waals surface area contributed by atoms with Crippen molar-refractivity contribution < 1.29 is 9.53 Å². The topological polar surface area (TPSA) is 32.8 Å². The van der Waals surface area contributed by atoms with E-state index in [0.29, 0.717) is 12.6 Å². The van der Waals surface area contributed by atoms with Crippen molar-refractivity contribution in [2.75, 3.05) is 46.4 Å². The SMILES string of the molecule is CCC1CN(CC2(C=O)CCCOC2)CCN1C. The Balaban J connectivity index is 1.93. The molecule has 2 unspecified atom stereocenters. The number of rotatable bonds is 4. The molecule has 2 rings (SSSR count). The molecule has 0 saturated carbocycles. The van der Waals surface area contributed by atoms with Gasteiger partial charge in [0.15, 0.2) is 0 Å². The Morgan fingerprint density at radius 2 is 2.28 bits per heavy atom. The van der Waals surface area contributed by atoms with Crippen molar-refractivity contribution in [3.63, 3.8) is 0 Å². The van der Waals surface area contributed by atoms with Gasteiger partial charge in [-0.05, 0) is 26.3 Å². The van der Waals surface area contributed by atoms with Crippen LogP contribution >= 0.6 is 0 Å². The molecule has 4 heteroatoms. The molecule has 0 spiro atoms. The number of carbonyl (C=O) groups is 1. The molecule has 2 heterocycles. The van der Waals surface area contributed by atoms with Gasteiger partial charge in [0, 0.05) is 38.8 Å². The zero-order chi connectivity index (χ0) is 13.0. The number of hydrogen-bond acceptors (Lipinski definition) is 4. The maximum Gasteiger partial charge on any atom is 0.129 e. The molecule has 2 atom stereocenters. The molecule has 2 fully saturated rings. The van der Waals surface area contributed by atoms with Crippen LogP contribution in [-0.4, -0.2) is 68.6 Å². The summed E-state index contributed by atoms with van der Waals surface area (Å²) in [7, 11) is 2.20. The van der Waals surface area contributed by atoms with E-state index in [4.69, 9.17) is 4.74 Å². The molecule has 0 aromatic carbocycles. The number of piperazine rings is 1. The van der Waals surface area contributed by atoms with Gasteiger partial charge in [0.1, 0.15) is 6.29 Å². The van der Waals surface area contributed by atoms with Crippen molar-refractivity contribution in [2.45, 2.75) is 32.2 Å². The van der Waals surface area contributed by atoms with Crippen molar-refractivity contribution in [1.82, 2.24) is 9.80 Å². The van der Waals surface area contributed by atoms with E-state index in [1.165, 1.54) is 6.42 Å².